The number of aliphatic carboxylic acids is 1. The molecule has 0 aliphatic carbocycles. The molecule has 112 valence electrons. The zero-order chi connectivity index (χ0) is 15.7. The molecule has 1 rings (SSSR count). The predicted molar refractivity (Wildman–Crippen MR) is 80.8 cm³/mol. The minimum Gasteiger partial charge on any atom is -0.481 e. The van der Waals surface area contributed by atoms with Crippen LogP contribution in [0.2, 0.25) is 10.0 Å². The molecule has 0 unspecified atom stereocenters. The highest BCUT2D eigenvalue weighted by molar-refractivity contribution is 9.10. The summed E-state index contributed by atoms with van der Waals surface area (Å²) < 4.78 is 27.1. The maximum Gasteiger partial charge on any atom is 0.310 e. The third kappa shape index (κ3) is 4.08. The van der Waals surface area contributed by atoms with Gasteiger partial charge in [-0.1, -0.05) is 39.1 Å². The summed E-state index contributed by atoms with van der Waals surface area (Å²) in [4.78, 5) is 10.7. The molecule has 0 aromatic heterocycles. The van der Waals surface area contributed by atoms with Crippen LogP contribution in [0.4, 0.5) is 0 Å². The maximum absolute atomic E-state index is 12.2. The fraction of sp³-hybridized carbons (Fsp3) is 0.364. The van der Waals surface area contributed by atoms with Crippen molar-refractivity contribution in [3.8, 4) is 0 Å². The summed E-state index contributed by atoms with van der Waals surface area (Å²) in [6, 6.07) is 2.79. The Bertz CT molecular complexity index is 623. The van der Waals surface area contributed by atoms with Crippen molar-refractivity contribution in [1.29, 1.82) is 0 Å². The van der Waals surface area contributed by atoms with E-state index >= 15 is 0 Å². The van der Waals surface area contributed by atoms with Crippen LogP contribution in [-0.2, 0) is 14.8 Å². The quantitative estimate of drug-likeness (QED) is 0.789. The van der Waals surface area contributed by atoms with Gasteiger partial charge < -0.3 is 5.11 Å². The lowest BCUT2D eigenvalue weighted by molar-refractivity contribution is -0.146. The van der Waals surface area contributed by atoms with E-state index in [2.05, 4.69) is 20.7 Å². The Morgan fingerprint density at radius 2 is 1.80 bits per heavy atom. The predicted octanol–water partition coefficient (Wildman–Crippen LogP) is 3.15. The molecule has 0 amide bonds. The first-order chi connectivity index (χ1) is 8.97. The lowest BCUT2D eigenvalue weighted by atomic mass is 9.95. The molecule has 0 saturated carbocycles. The smallest absolute Gasteiger partial charge is 0.310 e. The van der Waals surface area contributed by atoms with E-state index < -0.39 is 21.4 Å². The van der Waals surface area contributed by atoms with Gasteiger partial charge in [0.1, 0.15) is 4.90 Å². The van der Waals surface area contributed by atoms with Crippen LogP contribution in [0, 0.1) is 5.41 Å². The lowest BCUT2D eigenvalue weighted by Crippen LogP contribution is -2.39. The Kier molecular flexibility index (Phi) is 5.48. The van der Waals surface area contributed by atoms with Crippen LogP contribution in [0.3, 0.4) is 0 Å². The van der Waals surface area contributed by atoms with E-state index in [1.54, 1.807) is 0 Å². The fourth-order valence-corrected chi connectivity index (χ4v) is 4.35. The van der Waals surface area contributed by atoms with E-state index in [4.69, 9.17) is 28.3 Å². The third-order valence-corrected chi connectivity index (χ3v) is 5.29. The molecule has 5 nitrogen and oxygen atoms in total. The number of carboxylic acids is 1. The van der Waals surface area contributed by atoms with Crippen molar-refractivity contribution in [2.24, 2.45) is 5.41 Å². The van der Waals surface area contributed by atoms with E-state index in [0.717, 1.165) is 0 Å². The van der Waals surface area contributed by atoms with Crippen LogP contribution in [-0.4, -0.2) is 26.0 Å². The van der Waals surface area contributed by atoms with E-state index in [-0.39, 0.29) is 21.5 Å². The Hall–Kier alpha value is -0.340. The van der Waals surface area contributed by atoms with Crippen LogP contribution >= 0.6 is 39.1 Å². The topological polar surface area (TPSA) is 83.5 Å². The number of hydrogen-bond acceptors (Lipinski definition) is 3. The van der Waals surface area contributed by atoms with Gasteiger partial charge in [-0.2, -0.15) is 0 Å². The molecular formula is C11H12BrCl2NO4S. The van der Waals surface area contributed by atoms with Gasteiger partial charge in [0.05, 0.1) is 15.5 Å². The van der Waals surface area contributed by atoms with Crippen LogP contribution < -0.4 is 4.72 Å². The van der Waals surface area contributed by atoms with Gasteiger partial charge in [0.2, 0.25) is 10.0 Å². The molecule has 0 atom stereocenters. The molecule has 20 heavy (non-hydrogen) atoms. The number of carbonyl (C=O) groups is 1. The maximum atomic E-state index is 12.2. The molecule has 0 spiro atoms. The second kappa shape index (κ2) is 6.19. The largest absolute Gasteiger partial charge is 0.481 e. The molecule has 0 heterocycles. The third-order valence-electron chi connectivity index (χ3n) is 2.51. The van der Waals surface area contributed by atoms with Crippen LogP contribution in [0.15, 0.2) is 21.5 Å². The second-order valence-corrected chi connectivity index (χ2v) is 8.15. The van der Waals surface area contributed by atoms with Gasteiger partial charge in [0, 0.05) is 11.0 Å². The molecule has 9 heteroatoms. The van der Waals surface area contributed by atoms with Gasteiger partial charge >= 0.3 is 5.97 Å². The van der Waals surface area contributed by atoms with Crippen molar-refractivity contribution in [2.45, 2.75) is 18.7 Å². The molecule has 2 N–H and O–H groups in total. The highest BCUT2D eigenvalue weighted by Gasteiger charge is 2.31. The Balaban J connectivity index is 3.11. The summed E-state index contributed by atoms with van der Waals surface area (Å²) in [6.45, 7) is 2.53. The number of nitrogens with one attached hydrogen (secondary N) is 1. The van der Waals surface area contributed by atoms with Gasteiger partial charge in [-0.25, -0.2) is 13.1 Å². The average molecular weight is 405 g/mol. The lowest BCUT2D eigenvalue weighted by Gasteiger charge is -2.20. The van der Waals surface area contributed by atoms with Crippen molar-refractivity contribution in [1.82, 2.24) is 4.72 Å². The van der Waals surface area contributed by atoms with E-state index in [1.165, 1.54) is 26.0 Å². The zero-order valence-electron chi connectivity index (χ0n) is 10.6. The van der Waals surface area contributed by atoms with Crippen molar-refractivity contribution in [3.05, 3.63) is 26.7 Å². The molecule has 1 aromatic rings. The first-order valence-electron chi connectivity index (χ1n) is 5.35. The minimum atomic E-state index is -4.00. The molecule has 0 aliphatic rings. The highest BCUT2D eigenvalue weighted by atomic mass is 79.9. The molecular weight excluding hydrogens is 393 g/mol. The molecule has 0 bridgehead atoms. The molecule has 0 saturated heterocycles. The molecule has 1 aromatic carbocycles. The SMILES string of the molecule is CC(C)(CNS(=O)(=O)c1c(Cl)cc(Br)cc1Cl)C(=O)O. The van der Waals surface area contributed by atoms with Crippen molar-refractivity contribution in [2.75, 3.05) is 6.54 Å². The van der Waals surface area contributed by atoms with Gasteiger partial charge in [-0.3, -0.25) is 4.79 Å². The minimum absolute atomic E-state index is 0.0509. The summed E-state index contributed by atoms with van der Waals surface area (Å²) >= 11 is 14.9. The van der Waals surface area contributed by atoms with Crippen LogP contribution in [0.5, 0.6) is 0 Å². The fourth-order valence-electron chi connectivity index (χ4n) is 1.21. The number of rotatable bonds is 5. The standard InChI is InChI=1S/C11H12BrCl2NO4S/c1-11(2,10(16)17)5-15-20(18,19)9-7(13)3-6(12)4-8(9)14/h3-4,15H,5H2,1-2H3,(H,16,17). The summed E-state index contributed by atoms with van der Waals surface area (Å²) in [5, 5.41) is 8.86. The number of halogens is 3. The normalized spacial score (nSPS) is 12.4. The van der Waals surface area contributed by atoms with Crippen molar-refractivity contribution in [3.63, 3.8) is 0 Å². The van der Waals surface area contributed by atoms with Crippen LogP contribution in [0.1, 0.15) is 13.8 Å². The van der Waals surface area contributed by atoms with Gasteiger partial charge in [0.25, 0.3) is 0 Å². The highest BCUT2D eigenvalue weighted by Crippen LogP contribution is 2.32. The first-order valence-corrected chi connectivity index (χ1v) is 8.38. The summed E-state index contributed by atoms with van der Waals surface area (Å²) in [5.41, 5.74) is -1.25. The Morgan fingerprint density at radius 3 is 2.20 bits per heavy atom. The molecule has 0 radical (unpaired) electrons. The van der Waals surface area contributed by atoms with E-state index in [1.807, 2.05) is 0 Å². The van der Waals surface area contributed by atoms with E-state index in [0.29, 0.717) is 4.47 Å². The van der Waals surface area contributed by atoms with Crippen molar-refractivity contribution >= 4 is 55.1 Å². The summed E-state index contributed by atoms with van der Waals surface area (Å²) in [7, 11) is -4.00. The Labute approximate surface area is 135 Å². The van der Waals surface area contributed by atoms with Crippen molar-refractivity contribution < 1.29 is 18.3 Å². The number of sulfonamides is 1. The number of benzene rings is 1. The number of carboxylic acid groups (broad SMARTS) is 1. The molecule has 0 fully saturated rings. The zero-order valence-corrected chi connectivity index (χ0v) is 14.5. The summed E-state index contributed by atoms with van der Waals surface area (Å²) in [5.74, 6) is -1.12. The van der Waals surface area contributed by atoms with Gasteiger partial charge in [-0.05, 0) is 26.0 Å². The monoisotopic (exact) mass is 403 g/mol. The van der Waals surface area contributed by atoms with E-state index in [9.17, 15) is 13.2 Å². The number of hydrogen-bond donors (Lipinski definition) is 2. The Morgan fingerprint density at radius 1 is 1.35 bits per heavy atom. The average Bonchev–Trinajstić information content (AvgIpc) is 2.24. The second-order valence-electron chi connectivity index (χ2n) is 4.71. The summed E-state index contributed by atoms with van der Waals surface area (Å²) in [6.07, 6.45) is 0. The van der Waals surface area contributed by atoms with Gasteiger partial charge in [-0.15, -0.1) is 0 Å². The molecule has 0 aliphatic heterocycles. The van der Waals surface area contributed by atoms with Gasteiger partial charge in [0.15, 0.2) is 0 Å². The van der Waals surface area contributed by atoms with Crippen LogP contribution in [0.25, 0.3) is 0 Å². The first kappa shape index (κ1) is 17.7.